The standard InChI is InChI=1S/C10H11Cl2NO2/c1-15-9(5-10(13)14)7-3-2-6(11)4-8(7)12/h2-4,9H,5H2,1H3,(H2,13,14)/t9-/m0/s1. The maximum Gasteiger partial charge on any atom is 0.220 e. The zero-order valence-electron chi connectivity index (χ0n) is 8.17. The van der Waals surface area contributed by atoms with Gasteiger partial charge in [0.15, 0.2) is 0 Å². The van der Waals surface area contributed by atoms with Crippen LogP contribution in [0.25, 0.3) is 0 Å². The van der Waals surface area contributed by atoms with E-state index in [1.165, 1.54) is 7.11 Å². The highest BCUT2D eigenvalue weighted by atomic mass is 35.5. The van der Waals surface area contributed by atoms with E-state index in [9.17, 15) is 4.79 Å². The topological polar surface area (TPSA) is 52.3 Å². The summed E-state index contributed by atoms with van der Waals surface area (Å²) in [4.78, 5) is 10.8. The van der Waals surface area contributed by atoms with Crippen LogP contribution in [-0.2, 0) is 9.53 Å². The summed E-state index contributed by atoms with van der Waals surface area (Å²) in [6, 6.07) is 5.02. The van der Waals surface area contributed by atoms with Crippen LogP contribution in [0, 0.1) is 0 Å². The zero-order valence-corrected chi connectivity index (χ0v) is 9.68. The predicted octanol–water partition coefficient (Wildman–Crippen LogP) is 2.56. The smallest absolute Gasteiger partial charge is 0.220 e. The van der Waals surface area contributed by atoms with E-state index in [0.29, 0.717) is 15.6 Å². The normalized spacial score (nSPS) is 12.5. The number of ether oxygens (including phenoxy) is 1. The molecule has 15 heavy (non-hydrogen) atoms. The molecular weight excluding hydrogens is 237 g/mol. The number of amides is 1. The van der Waals surface area contributed by atoms with Gasteiger partial charge in [-0.3, -0.25) is 4.79 Å². The highest BCUT2D eigenvalue weighted by Crippen LogP contribution is 2.29. The van der Waals surface area contributed by atoms with Crippen molar-refractivity contribution in [3.8, 4) is 0 Å². The van der Waals surface area contributed by atoms with E-state index in [1.54, 1.807) is 18.2 Å². The Hall–Kier alpha value is -0.770. The Kier molecular flexibility index (Phi) is 4.39. The van der Waals surface area contributed by atoms with Crippen LogP contribution in [-0.4, -0.2) is 13.0 Å². The van der Waals surface area contributed by atoms with Crippen molar-refractivity contribution in [2.75, 3.05) is 7.11 Å². The summed E-state index contributed by atoms with van der Waals surface area (Å²) in [7, 11) is 1.50. The summed E-state index contributed by atoms with van der Waals surface area (Å²) in [5.74, 6) is -0.437. The molecule has 1 atom stereocenters. The Morgan fingerprint density at radius 2 is 2.20 bits per heavy atom. The van der Waals surface area contributed by atoms with Crippen LogP contribution >= 0.6 is 23.2 Å². The molecular formula is C10H11Cl2NO2. The highest BCUT2D eigenvalue weighted by Gasteiger charge is 2.16. The van der Waals surface area contributed by atoms with E-state index >= 15 is 0 Å². The van der Waals surface area contributed by atoms with Crippen molar-refractivity contribution in [3.63, 3.8) is 0 Å². The van der Waals surface area contributed by atoms with Crippen LogP contribution < -0.4 is 5.73 Å². The van der Waals surface area contributed by atoms with Crippen molar-refractivity contribution in [3.05, 3.63) is 33.8 Å². The maximum absolute atomic E-state index is 10.8. The monoisotopic (exact) mass is 247 g/mol. The van der Waals surface area contributed by atoms with E-state index in [-0.39, 0.29) is 6.42 Å². The second-order valence-electron chi connectivity index (χ2n) is 3.06. The van der Waals surface area contributed by atoms with Gasteiger partial charge < -0.3 is 10.5 Å². The van der Waals surface area contributed by atoms with Crippen LogP contribution in [0.15, 0.2) is 18.2 Å². The van der Waals surface area contributed by atoms with Gasteiger partial charge in [-0.2, -0.15) is 0 Å². The minimum Gasteiger partial charge on any atom is -0.376 e. The summed E-state index contributed by atoms with van der Waals surface area (Å²) >= 11 is 11.7. The van der Waals surface area contributed by atoms with Gasteiger partial charge in [0, 0.05) is 17.2 Å². The fraction of sp³-hybridized carbons (Fsp3) is 0.300. The van der Waals surface area contributed by atoms with Gasteiger partial charge in [-0.05, 0) is 17.7 Å². The molecule has 1 aromatic carbocycles. The van der Waals surface area contributed by atoms with Gasteiger partial charge >= 0.3 is 0 Å². The second kappa shape index (κ2) is 5.35. The molecule has 0 unspecified atom stereocenters. The first kappa shape index (κ1) is 12.3. The molecule has 3 nitrogen and oxygen atoms in total. The van der Waals surface area contributed by atoms with Crippen molar-refractivity contribution < 1.29 is 9.53 Å². The largest absolute Gasteiger partial charge is 0.376 e. The van der Waals surface area contributed by atoms with E-state index in [4.69, 9.17) is 33.7 Å². The average molecular weight is 248 g/mol. The Labute approximate surface area is 98.1 Å². The number of hydrogen-bond donors (Lipinski definition) is 1. The second-order valence-corrected chi connectivity index (χ2v) is 3.90. The summed E-state index contributed by atoms with van der Waals surface area (Å²) in [6.45, 7) is 0. The van der Waals surface area contributed by atoms with Crippen molar-refractivity contribution in [2.24, 2.45) is 5.73 Å². The van der Waals surface area contributed by atoms with Crippen LogP contribution in [0.4, 0.5) is 0 Å². The third kappa shape index (κ3) is 3.38. The first-order chi connectivity index (χ1) is 7.04. The molecule has 0 saturated heterocycles. The molecule has 0 aliphatic heterocycles. The fourth-order valence-corrected chi connectivity index (χ4v) is 1.80. The molecule has 5 heteroatoms. The maximum atomic E-state index is 10.8. The van der Waals surface area contributed by atoms with Crippen LogP contribution in [0.5, 0.6) is 0 Å². The zero-order chi connectivity index (χ0) is 11.4. The summed E-state index contributed by atoms with van der Waals surface area (Å²) in [6.07, 6.45) is -0.329. The Morgan fingerprint density at radius 3 is 2.67 bits per heavy atom. The van der Waals surface area contributed by atoms with Gasteiger partial charge in [-0.25, -0.2) is 0 Å². The summed E-state index contributed by atoms with van der Waals surface area (Å²) < 4.78 is 5.14. The lowest BCUT2D eigenvalue weighted by Crippen LogP contribution is -2.16. The summed E-state index contributed by atoms with van der Waals surface area (Å²) in [5.41, 5.74) is 5.81. The number of rotatable bonds is 4. The van der Waals surface area contributed by atoms with Crippen molar-refractivity contribution in [1.29, 1.82) is 0 Å². The third-order valence-corrected chi connectivity index (χ3v) is 2.54. The lowest BCUT2D eigenvalue weighted by atomic mass is 10.1. The van der Waals surface area contributed by atoms with E-state index in [2.05, 4.69) is 0 Å². The van der Waals surface area contributed by atoms with Crippen LogP contribution in [0.2, 0.25) is 10.0 Å². The molecule has 1 aromatic rings. The Balaban J connectivity index is 2.96. The molecule has 0 bridgehead atoms. The molecule has 82 valence electrons. The molecule has 2 N–H and O–H groups in total. The first-order valence-corrected chi connectivity index (χ1v) is 5.06. The number of carbonyl (C=O) groups excluding carboxylic acids is 1. The molecule has 1 amide bonds. The van der Waals surface area contributed by atoms with E-state index < -0.39 is 12.0 Å². The molecule has 0 heterocycles. The number of benzene rings is 1. The number of halogens is 2. The third-order valence-electron chi connectivity index (χ3n) is 1.98. The predicted molar refractivity (Wildman–Crippen MR) is 60.0 cm³/mol. The SMILES string of the molecule is CO[C@@H](CC(N)=O)c1ccc(Cl)cc1Cl. The van der Waals surface area contributed by atoms with Crippen LogP contribution in [0.1, 0.15) is 18.1 Å². The van der Waals surface area contributed by atoms with Gasteiger partial charge in [-0.15, -0.1) is 0 Å². The van der Waals surface area contributed by atoms with Gasteiger partial charge in [-0.1, -0.05) is 29.3 Å². The Bertz CT molecular complexity index is 368. The number of nitrogens with two attached hydrogens (primary N) is 1. The molecule has 0 fully saturated rings. The lowest BCUT2D eigenvalue weighted by Gasteiger charge is -2.15. The molecule has 0 spiro atoms. The Morgan fingerprint density at radius 1 is 1.53 bits per heavy atom. The molecule has 0 radical (unpaired) electrons. The molecule has 0 aliphatic carbocycles. The minimum atomic E-state index is -0.437. The number of primary amides is 1. The van der Waals surface area contributed by atoms with Crippen LogP contribution in [0.3, 0.4) is 0 Å². The average Bonchev–Trinajstić information content (AvgIpc) is 2.14. The van der Waals surface area contributed by atoms with Crippen molar-refractivity contribution in [2.45, 2.75) is 12.5 Å². The number of carbonyl (C=O) groups is 1. The molecule has 0 aromatic heterocycles. The highest BCUT2D eigenvalue weighted by molar-refractivity contribution is 6.35. The number of hydrogen-bond acceptors (Lipinski definition) is 2. The molecule has 0 saturated carbocycles. The van der Waals surface area contributed by atoms with Gasteiger partial charge in [0.25, 0.3) is 0 Å². The lowest BCUT2D eigenvalue weighted by molar-refractivity contribution is -0.120. The quantitative estimate of drug-likeness (QED) is 0.890. The van der Waals surface area contributed by atoms with Gasteiger partial charge in [0.2, 0.25) is 5.91 Å². The fourth-order valence-electron chi connectivity index (χ4n) is 1.27. The molecule has 0 aliphatic rings. The summed E-state index contributed by atoms with van der Waals surface area (Å²) in [5, 5.41) is 1.01. The van der Waals surface area contributed by atoms with E-state index in [1.807, 2.05) is 0 Å². The van der Waals surface area contributed by atoms with Crippen molar-refractivity contribution >= 4 is 29.1 Å². The van der Waals surface area contributed by atoms with Crippen molar-refractivity contribution in [1.82, 2.24) is 0 Å². The van der Waals surface area contributed by atoms with Gasteiger partial charge in [0.05, 0.1) is 12.5 Å². The van der Waals surface area contributed by atoms with E-state index in [0.717, 1.165) is 0 Å². The first-order valence-electron chi connectivity index (χ1n) is 4.30. The molecule has 1 rings (SSSR count). The number of methoxy groups -OCH3 is 1. The minimum absolute atomic E-state index is 0.0951. The van der Waals surface area contributed by atoms with Gasteiger partial charge in [0.1, 0.15) is 0 Å².